The van der Waals surface area contributed by atoms with Gasteiger partial charge in [0.2, 0.25) is 0 Å². The number of hydrogen-bond donors (Lipinski definition) is 0. The lowest BCUT2D eigenvalue weighted by Crippen LogP contribution is -2.08. The van der Waals surface area contributed by atoms with Crippen molar-refractivity contribution in [2.75, 3.05) is 13.2 Å². The van der Waals surface area contributed by atoms with E-state index in [2.05, 4.69) is 0 Å². The zero-order valence-corrected chi connectivity index (χ0v) is 12.0. The van der Waals surface area contributed by atoms with E-state index in [1.807, 2.05) is 55.5 Å². The quantitative estimate of drug-likeness (QED) is 0.752. The summed E-state index contributed by atoms with van der Waals surface area (Å²) in [5.74, 6) is 0.175. The Kier molecular flexibility index (Phi) is 5.59. The fourth-order valence-electron chi connectivity index (χ4n) is 1.87. The molecule has 0 fully saturated rings. The Balaban J connectivity index is 1.92. The second kappa shape index (κ2) is 7.90. The number of carbonyl (C=O) groups is 1. The van der Waals surface area contributed by atoms with Gasteiger partial charge in [-0.3, -0.25) is 0 Å². The molecule has 0 aliphatic carbocycles. The average molecular weight is 282 g/mol. The Morgan fingerprint density at radius 2 is 1.76 bits per heavy atom. The minimum absolute atomic E-state index is 0.230. The summed E-state index contributed by atoms with van der Waals surface area (Å²) in [7, 11) is 0. The van der Waals surface area contributed by atoms with E-state index >= 15 is 0 Å². The van der Waals surface area contributed by atoms with E-state index in [1.54, 1.807) is 18.2 Å². The molecule has 0 aromatic heterocycles. The molecule has 0 saturated heterocycles. The van der Waals surface area contributed by atoms with Gasteiger partial charge in [0.1, 0.15) is 17.9 Å². The number of benzene rings is 2. The smallest absolute Gasteiger partial charge is 0.342 e. The van der Waals surface area contributed by atoms with Crippen molar-refractivity contribution >= 4 is 12.0 Å². The molecule has 0 bridgehead atoms. The maximum absolute atomic E-state index is 12.0. The van der Waals surface area contributed by atoms with Gasteiger partial charge in [-0.1, -0.05) is 48.5 Å². The molecule has 21 heavy (non-hydrogen) atoms. The predicted molar refractivity (Wildman–Crippen MR) is 83.4 cm³/mol. The molecule has 2 rings (SSSR count). The molecular weight excluding hydrogens is 264 g/mol. The third-order valence-corrected chi connectivity index (χ3v) is 2.83. The van der Waals surface area contributed by atoms with Crippen LogP contribution in [0.15, 0.2) is 60.7 Å². The van der Waals surface area contributed by atoms with Crippen LogP contribution >= 0.6 is 0 Å². The van der Waals surface area contributed by atoms with Crippen LogP contribution in [-0.4, -0.2) is 19.2 Å². The van der Waals surface area contributed by atoms with Crippen LogP contribution in [0.1, 0.15) is 22.8 Å². The summed E-state index contributed by atoms with van der Waals surface area (Å²) in [4.78, 5) is 12.0. The zero-order valence-electron chi connectivity index (χ0n) is 12.0. The number of carbonyl (C=O) groups excluding carboxylic acids is 1. The maximum Gasteiger partial charge on any atom is 0.342 e. The summed E-state index contributed by atoms with van der Waals surface area (Å²) in [5, 5.41) is 0. The molecule has 3 nitrogen and oxygen atoms in total. The predicted octanol–water partition coefficient (Wildman–Crippen LogP) is 3.96. The van der Waals surface area contributed by atoms with Crippen molar-refractivity contribution in [1.82, 2.24) is 0 Å². The van der Waals surface area contributed by atoms with Crippen LogP contribution in [0.4, 0.5) is 0 Å². The Labute approximate surface area is 124 Å². The first-order valence-electron chi connectivity index (χ1n) is 6.92. The Bertz CT molecular complexity index is 603. The minimum Gasteiger partial charge on any atom is -0.493 e. The van der Waals surface area contributed by atoms with Gasteiger partial charge in [-0.25, -0.2) is 4.79 Å². The molecule has 0 aliphatic rings. The monoisotopic (exact) mass is 282 g/mol. The van der Waals surface area contributed by atoms with E-state index in [-0.39, 0.29) is 12.6 Å². The molecule has 108 valence electrons. The highest BCUT2D eigenvalue weighted by atomic mass is 16.5. The van der Waals surface area contributed by atoms with E-state index in [1.165, 1.54) is 0 Å². The molecule has 0 N–H and O–H groups in total. The van der Waals surface area contributed by atoms with Gasteiger partial charge in [0.15, 0.2) is 0 Å². The van der Waals surface area contributed by atoms with Crippen LogP contribution in [-0.2, 0) is 4.74 Å². The van der Waals surface area contributed by atoms with Gasteiger partial charge >= 0.3 is 5.97 Å². The lowest BCUT2D eigenvalue weighted by Gasteiger charge is -2.08. The van der Waals surface area contributed by atoms with E-state index in [0.29, 0.717) is 17.9 Å². The number of esters is 1. The summed E-state index contributed by atoms with van der Waals surface area (Å²) < 4.78 is 10.6. The van der Waals surface area contributed by atoms with Gasteiger partial charge in [-0.15, -0.1) is 0 Å². The van der Waals surface area contributed by atoms with Crippen LogP contribution in [0, 0.1) is 0 Å². The molecule has 0 unspecified atom stereocenters. The highest BCUT2D eigenvalue weighted by Gasteiger charge is 2.12. The van der Waals surface area contributed by atoms with E-state index in [0.717, 1.165) is 5.56 Å². The second-order valence-corrected chi connectivity index (χ2v) is 4.34. The number of hydrogen-bond acceptors (Lipinski definition) is 3. The third kappa shape index (κ3) is 4.49. The second-order valence-electron chi connectivity index (χ2n) is 4.34. The lowest BCUT2D eigenvalue weighted by atomic mass is 10.2. The normalized spacial score (nSPS) is 10.5. The summed E-state index contributed by atoms with van der Waals surface area (Å²) in [6, 6.07) is 17.0. The van der Waals surface area contributed by atoms with E-state index < -0.39 is 0 Å². The SMILES string of the molecule is CCOc1ccccc1C(=O)OC/C=C/c1ccccc1. The summed E-state index contributed by atoms with van der Waals surface area (Å²) in [6.07, 6.45) is 3.73. The van der Waals surface area contributed by atoms with Crippen molar-refractivity contribution in [3.05, 3.63) is 71.8 Å². The topological polar surface area (TPSA) is 35.5 Å². The standard InChI is InChI=1S/C18H18O3/c1-2-20-17-13-7-6-12-16(17)18(19)21-14-8-11-15-9-4-3-5-10-15/h3-13H,2,14H2,1H3/b11-8+. The van der Waals surface area contributed by atoms with Gasteiger partial charge in [0.25, 0.3) is 0 Å². The Morgan fingerprint density at radius 3 is 2.52 bits per heavy atom. The molecule has 0 saturated carbocycles. The van der Waals surface area contributed by atoms with Crippen molar-refractivity contribution in [3.8, 4) is 5.75 Å². The first kappa shape index (κ1) is 14.9. The van der Waals surface area contributed by atoms with Crippen molar-refractivity contribution in [2.45, 2.75) is 6.92 Å². The molecule has 0 aliphatic heterocycles. The largest absolute Gasteiger partial charge is 0.493 e. The maximum atomic E-state index is 12.0. The fourth-order valence-corrected chi connectivity index (χ4v) is 1.87. The minimum atomic E-state index is -0.378. The van der Waals surface area contributed by atoms with E-state index in [4.69, 9.17) is 9.47 Å². The van der Waals surface area contributed by atoms with Crippen LogP contribution in [0.2, 0.25) is 0 Å². The lowest BCUT2D eigenvalue weighted by molar-refractivity contribution is 0.0545. The van der Waals surface area contributed by atoms with Gasteiger partial charge in [-0.2, -0.15) is 0 Å². The van der Waals surface area contributed by atoms with Crippen LogP contribution < -0.4 is 4.74 Å². The van der Waals surface area contributed by atoms with Gasteiger partial charge < -0.3 is 9.47 Å². The molecule has 0 atom stereocenters. The Morgan fingerprint density at radius 1 is 1.05 bits per heavy atom. The number of para-hydroxylation sites is 1. The van der Waals surface area contributed by atoms with Gasteiger partial charge in [-0.05, 0) is 30.7 Å². The van der Waals surface area contributed by atoms with Gasteiger partial charge in [0, 0.05) is 0 Å². The summed E-state index contributed by atoms with van der Waals surface area (Å²) in [6.45, 7) is 2.62. The van der Waals surface area contributed by atoms with Crippen LogP contribution in [0.5, 0.6) is 5.75 Å². The molecular formula is C18H18O3. The molecule has 0 amide bonds. The first-order valence-corrected chi connectivity index (χ1v) is 6.92. The van der Waals surface area contributed by atoms with E-state index in [9.17, 15) is 4.79 Å². The average Bonchev–Trinajstić information content (AvgIpc) is 2.53. The highest BCUT2D eigenvalue weighted by molar-refractivity contribution is 5.92. The number of rotatable bonds is 6. The highest BCUT2D eigenvalue weighted by Crippen LogP contribution is 2.18. The molecule has 3 heteroatoms. The zero-order chi connectivity index (χ0) is 14.9. The molecule has 0 heterocycles. The summed E-state index contributed by atoms with van der Waals surface area (Å²) in [5.41, 5.74) is 1.52. The third-order valence-electron chi connectivity index (χ3n) is 2.83. The van der Waals surface area contributed by atoms with Crippen molar-refractivity contribution < 1.29 is 14.3 Å². The Hall–Kier alpha value is -2.55. The van der Waals surface area contributed by atoms with Gasteiger partial charge in [0.05, 0.1) is 6.61 Å². The molecule has 0 radical (unpaired) electrons. The summed E-state index contributed by atoms with van der Waals surface area (Å²) >= 11 is 0. The fraction of sp³-hybridized carbons (Fsp3) is 0.167. The van der Waals surface area contributed by atoms with Crippen molar-refractivity contribution in [2.24, 2.45) is 0 Å². The first-order chi connectivity index (χ1) is 10.3. The van der Waals surface area contributed by atoms with Crippen molar-refractivity contribution in [1.29, 1.82) is 0 Å². The molecule has 0 spiro atoms. The van der Waals surface area contributed by atoms with Crippen LogP contribution in [0.25, 0.3) is 6.08 Å². The number of ether oxygens (including phenoxy) is 2. The molecule has 2 aromatic rings. The molecule has 2 aromatic carbocycles. The van der Waals surface area contributed by atoms with Crippen molar-refractivity contribution in [3.63, 3.8) is 0 Å². The van der Waals surface area contributed by atoms with Crippen LogP contribution in [0.3, 0.4) is 0 Å².